The number of allylic oxidation sites excluding steroid dienone is 2. The molecule has 0 unspecified atom stereocenters. The van der Waals surface area contributed by atoms with Crippen molar-refractivity contribution in [2.24, 2.45) is 16.7 Å². The van der Waals surface area contributed by atoms with Crippen LogP contribution in [0.25, 0.3) is 53.5 Å². The van der Waals surface area contributed by atoms with E-state index in [1.807, 2.05) is 59.1 Å². The maximum atomic E-state index is 12.2. The van der Waals surface area contributed by atoms with E-state index in [2.05, 4.69) is 108 Å². The van der Waals surface area contributed by atoms with Crippen LogP contribution in [0.1, 0.15) is 119 Å². The van der Waals surface area contributed by atoms with Crippen LogP contribution < -0.4 is 0 Å². The first-order valence-electron chi connectivity index (χ1n) is 19.8. The number of aromatic nitrogens is 1. The maximum Gasteiger partial charge on any atom is 0.164 e. The van der Waals surface area contributed by atoms with E-state index in [0.717, 1.165) is 60.1 Å². The smallest absolute Gasteiger partial charge is 0.164 e. The van der Waals surface area contributed by atoms with Crippen LogP contribution in [0.4, 0.5) is 0 Å². The van der Waals surface area contributed by atoms with Crippen LogP contribution in [0, 0.1) is 29.7 Å². The molecule has 0 spiro atoms. The van der Waals surface area contributed by atoms with Crippen molar-refractivity contribution in [3.05, 3.63) is 102 Å². The number of carbonyl (C=O) groups excluding carboxylic acids is 1. The van der Waals surface area contributed by atoms with Gasteiger partial charge in [0.2, 0.25) is 0 Å². The number of fused-ring (bicyclic) bond motifs is 3. The number of ketones is 1. The summed E-state index contributed by atoms with van der Waals surface area (Å²) in [7, 11) is 0. The van der Waals surface area contributed by atoms with Gasteiger partial charge in [0.15, 0.2) is 5.78 Å². The summed E-state index contributed by atoms with van der Waals surface area (Å²) >= 11 is 1.81. The number of thiophene rings is 1. The van der Waals surface area contributed by atoms with E-state index in [0.29, 0.717) is 5.92 Å². The Labute approximate surface area is 347 Å². The molecule has 6 heteroatoms. The molecule has 1 radical (unpaired) electrons. The molecule has 0 bridgehead atoms. The zero-order chi connectivity index (χ0) is 39.6. The maximum absolute atomic E-state index is 12.2. The fraction of sp³-hybridized carbons (Fsp3) is 0.429. The molecule has 295 valence electrons. The molecule has 4 nitrogen and oxygen atoms in total. The fourth-order valence-corrected chi connectivity index (χ4v) is 8.20. The third-order valence-corrected chi connectivity index (χ3v) is 13.0. The van der Waals surface area contributed by atoms with E-state index in [1.54, 1.807) is 0 Å². The Morgan fingerprint density at radius 1 is 0.891 bits per heavy atom. The van der Waals surface area contributed by atoms with Crippen molar-refractivity contribution >= 4 is 48.9 Å². The van der Waals surface area contributed by atoms with Gasteiger partial charge in [-0.25, -0.2) is 0 Å². The number of hydrogen-bond donors (Lipinski definition) is 1. The van der Waals surface area contributed by atoms with Crippen LogP contribution in [0.15, 0.2) is 83.1 Å². The Kier molecular flexibility index (Phi) is 14.2. The van der Waals surface area contributed by atoms with Gasteiger partial charge in [-0.15, -0.1) is 40.5 Å². The van der Waals surface area contributed by atoms with Crippen molar-refractivity contribution in [1.82, 2.24) is 4.98 Å². The van der Waals surface area contributed by atoms with Crippen molar-refractivity contribution in [2.45, 2.75) is 121 Å². The summed E-state index contributed by atoms with van der Waals surface area (Å²) < 4.78 is 7.29. The number of carbonyl (C=O) groups is 1. The summed E-state index contributed by atoms with van der Waals surface area (Å²) in [5.41, 5.74) is 6.33. The zero-order valence-corrected chi connectivity index (χ0v) is 38.2. The molecule has 1 N–H and O–H groups in total. The second-order valence-electron chi connectivity index (χ2n) is 17.0. The van der Waals surface area contributed by atoms with Crippen molar-refractivity contribution in [2.75, 3.05) is 0 Å². The van der Waals surface area contributed by atoms with Gasteiger partial charge in [0.25, 0.3) is 0 Å². The van der Waals surface area contributed by atoms with Crippen LogP contribution in [0.2, 0.25) is 0 Å². The van der Waals surface area contributed by atoms with Crippen LogP contribution in [0.5, 0.6) is 0 Å². The summed E-state index contributed by atoms with van der Waals surface area (Å²) in [5.74, 6) is 1.90. The standard InChI is InChI=1S/C34H32NOS.C15H28O2.Ir/c1-20(2)15-27-21(3)36-30-12-11-23(17-28(27)30)31-19-24-13-14-35-32(33(24)37-31)25-16-22-9-7-8-10-26(22)29(18-25)34(4,5)6;1-7-14(5,8-2)12(16)11-13(17)15(6,9-3)10-4;/h7-14,17-20H,15H2,1-6H3;11,16H,7-10H2,1-6H3;/q-1;;/b;12-11-;. The van der Waals surface area contributed by atoms with E-state index in [1.165, 1.54) is 48.5 Å². The van der Waals surface area contributed by atoms with Crippen LogP contribution in [-0.2, 0) is 36.7 Å². The molecular formula is C49H60IrNO3S-. The molecular weight excluding hydrogens is 875 g/mol. The summed E-state index contributed by atoms with van der Waals surface area (Å²) in [6.07, 6.45) is 7.71. The van der Waals surface area contributed by atoms with Crippen molar-refractivity contribution < 1.29 is 34.4 Å². The zero-order valence-electron chi connectivity index (χ0n) is 35.0. The molecule has 0 saturated heterocycles. The molecule has 0 fully saturated rings. The van der Waals surface area contributed by atoms with Gasteiger partial charge in [0.1, 0.15) is 17.1 Å². The van der Waals surface area contributed by atoms with Gasteiger partial charge in [-0.1, -0.05) is 105 Å². The van der Waals surface area contributed by atoms with Crippen molar-refractivity contribution in [3.63, 3.8) is 0 Å². The quantitative estimate of drug-likeness (QED) is 0.0799. The van der Waals surface area contributed by atoms with E-state index >= 15 is 0 Å². The van der Waals surface area contributed by atoms with Crippen molar-refractivity contribution in [1.29, 1.82) is 0 Å². The summed E-state index contributed by atoms with van der Waals surface area (Å²) in [5, 5.41) is 15.0. The minimum atomic E-state index is -0.337. The second-order valence-corrected chi connectivity index (χ2v) is 18.0. The predicted molar refractivity (Wildman–Crippen MR) is 232 cm³/mol. The molecule has 6 aromatic rings. The van der Waals surface area contributed by atoms with Crippen LogP contribution in [-0.4, -0.2) is 15.9 Å². The Morgan fingerprint density at radius 2 is 1.55 bits per heavy atom. The monoisotopic (exact) mass is 935 g/mol. The van der Waals surface area contributed by atoms with E-state index < -0.39 is 0 Å². The number of hydrogen-bond acceptors (Lipinski definition) is 5. The molecule has 0 atom stereocenters. The largest absolute Gasteiger partial charge is 0.512 e. The number of nitrogens with zero attached hydrogens (tertiary/aromatic N) is 1. The third-order valence-electron chi connectivity index (χ3n) is 11.8. The predicted octanol–water partition coefficient (Wildman–Crippen LogP) is 14.8. The van der Waals surface area contributed by atoms with Gasteiger partial charge >= 0.3 is 0 Å². The number of aryl methyl sites for hydroxylation is 1. The first-order valence-corrected chi connectivity index (χ1v) is 20.6. The molecule has 3 aromatic heterocycles. The van der Waals surface area contributed by atoms with Gasteiger partial charge in [0.05, 0.1) is 0 Å². The molecule has 0 aliphatic carbocycles. The SMILES string of the molecule is CCC(C)(CC)C(=O)/C=C(\O)C(C)(CC)CC.Cc1oc2ccc(-c3cc4ccnc(-c5[c-]c6ccccc6c(C(C)(C)C)c5)c4s3)cc2c1CC(C)C.[Ir]. The molecule has 3 aromatic carbocycles. The summed E-state index contributed by atoms with van der Waals surface area (Å²) in [6.45, 7) is 25.5. The first-order chi connectivity index (χ1) is 25.5. The van der Waals surface area contributed by atoms with Gasteiger partial charge in [0, 0.05) is 69.4 Å². The van der Waals surface area contributed by atoms with Gasteiger partial charge in [-0.05, 0) is 91.6 Å². The first kappa shape index (κ1) is 44.1. The number of pyridine rings is 1. The Morgan fingerprint density at radius 3 is 2.16 bits per heavy atom. The van der Waals surface area contributed by atoms with Crippen LogP contribution in [0.3, 0.4) is 0 Å². The molecule has 55 heavy (non-hydrogen) atoms. The molecule has 6 rings (SSSR count). The second kappa shape index (κ2) is 17.7. The van der Waals surface area contributed by atoms with E-state index in [4.69, 9.17) is 9.40 Å². The van der Waals surface area contributed by atoms with Gasteiger partial charge < -0.3 is 9.52 Å². The number of furan rings is 1. The molecule has 3 heterocycles. The molecule has 0 aliphatic rings. The minimum Gasteiger partial charge on any atom is -0.512 e. The molecule has 0 amide bonds. The van der Waals surface area contributed by atoms with Crippen LogP contribution >= 0.6 is 11.3 Å². The Bertz CT molecular complexity index is 2290. The average Bonchev–Trinajstić information content (AvgIpc) is 3.73. The third kappa shape index (κ3) is 9.36. The van der Waals surface area contributed by atoms with Crippen molar-refractivity contribution in [3.8, 4) is 21.7 Å². The minimum absolute atomic E-state index is 0. The molecule has 0 aliphatic heterocycles. The fourth-order valence-electron chi connectivity index (χ4n) is 7.05. The Hall–Kier alpha value is -3.57. The Balaban J connectivity index is 0.000000320. The van der Waals surface area contributed by atoms with E-state index in [-0.39, 0.29) is 47.9 Å². The topological polar surface area (TPSA) is 63.3 Å². The number of aliphatic hydroxyl groups excluding tert-OH is 1. The van der Waals surface area contributed by atoms with Gasteiger partial charge in [-0.2, -0.15) is 0 Å². The number of aliphatic hydroxyl groups is 1. The number of benzene rings is 3. The number of rotatable bonds is 11. The van der Waals surface area contributed by atoms with Gasteiger partial charge in [-0.3, -0.25) is 9.78 Å². The summed E-state index contributed by atoms with van der Waals surface area (Å²) in [6, 6.07) is 25.6. The average molecular weight is 935 g/mol. The normalized spacial score (nSPS) is 12.6. The van der Waals surface area contributed by atoms with E-state index in [9.17, 15) is 9.90 Å². The molecule has 0 saturated carbocycles. The summed E-state index contributed by atoms with van der Waals surface area (Å²) in [4.78, 5) is 18.3.